The lowest BCUT2D eigenvalue weighted by atomic mass is 10.1. The summed E-state index contributed by atoms with van der Waals surface area (Å²) in [4.78, 5) is 15.3. The van der Waals surface area contributed by atoms with Crippen molar-refractivity contribution >= 4 is 22.7 Å². The van der Waals surface area contributed by atoms with Crippen molar-refractivity contribution in [1.29, 1.82) is 0 Å². The summed E-state index contributed by atoms with van der Waals surface area (Å²) in [6, 6.07) is 0. The summed E-state index contributed by atoms with van der Waals surface area (Å²) in [5, 5.41) is 17.2. The minimum Gasteiger partial charge on any atom is -0.478 e. The van der Waals surface area contributed by atoms with E-state index in [9.17, 15) is 4.79 Å². The van der Waals surface area contributed by atoms with Crippen LogP contribution in [-0.2, 0) is 7.05 Å². The second-order valence-electron chi connectivity index (χ2n) is 3.79. The van der Waals surface area contributed by atoms with Gasteiger partial charge in [0.1, 0.15) is 5.56 Å². The Morgan fingerprint density at radius 2 is 2.29 bits per heavy atom. The van der Waals surface area contributed by atoms with Gasteiger partial charge in [-0.15, -0.1) is 0 Å². The van der Waals surface area contributed by atoms with Crippen molar-refractivity contribution in [2.24, 2.45) is 7.05 Å². The number of carboxylic acids is 1. The fourth-order valence-electron chi connectivity index (χ4n) is 1.93. The predicted molar refractivity (Wildman–Crippen MR) is 64.4 cm³/mol. The van der Waals surface area contributed by atoms with Gasteiger partial charge in [0.15, 0.2) is 5.65 Å². The molecule has 0 fully saturated rings. The number of aromatic carboxylic acids is 1. The molecule has 0 atom stereocenters. The highest BCUT2D eigenvalue weighted by molar-refractivity contribution is 6.04. The number of hydrogen-bond donors (Lipinski definition) is 2. The summed E-state index contributed by atoms with van der Waals surface area (Å²) in [6.45, 7) is 4.41. The monoisotopic (exact) mass is 234 g/mol. The molecular weight excluding hydrogens is 220 g/mol. The van der Waals surface area contributed by atoms with Gasteiger partial charge in [-0.2, -0.15) is 5.10 Å². The second-order valence-corrected chi connectivity index (χ2v) is 3.79. The third kappa shape index (κ3) is 1.71. The molecule has 2 rings (SSSR count). The van der Waals surface area contributed by atoms with E-state index in [-0.39, 0.29) is 5.56 Å². The van der Waals surface area contributed by atoms with Gasteiger partial charge >= 0.3 is 5.97 Å². The van der Waals surface area contributed by atoms with Gasteiger partial charge in [-0.1, -0.05) is 0 Å². The first-order valence-corrected chi connectivity index (χ1v) is 5.35. The largest absolute Gasteiger partial charge is 0.478 e. The number of aromatic nitrogens is 3. The van der Waals surface area contributed by atoms with Gasteiger partial charge in [0.2, 0.25) is 0 Å². The van der Waals surface area contributed by atoms with Gasteiger partial charge in [-0.05, 0) is 13.8 Å². The van der Waals surface area contributed by atoms with E-state index in [2.05, 4.69) is 15.4 Å². The van der Waals surface area contributed by atoms with Gasteiger partial charge in [-0.25, -0.2) is 9.78 Å². The standard InChI is InChI=1S/C11H14N4O2/c1-4-12-9-7(11(16)17)5-13-10-8(9)6(2)14-15(10)3/h5H,4H2,1-3H3,(H,12,13)(H,16,17). The summed E-state index contributed by atoms with van der Waals surface area (Å²) in [5.41, 5.74) is 2.23. The molecule has 0 aromatic carbocycles. The number of aryl methyl sites for hydroxylation is 2. The van der Waals surface area contributed by atoms with E-state index < -0.39 is 5.97 Å². The fourth-order valence-corrected chi connectivity index (χ4v) is 1.93. The summed E-state index contributed by atoms with van der Waals surface area (Å²) in [5.74, 6) is -0.987. The summed E-state index contributed by atoms with van der Waals surface area (Å²) in [6.07, 6.45) is 1.36. The number of fused-ring (bicyclic) bond motifs is 1. The molecule has 0 amide bonds. The van der Waals surface area contributed by atoms with E-state index in [1.807, 2.05) is 13.8 Å². The lowest BCUT2D eigenvalue weighted by Crippen LogP contribution is -2.07. The molecule has 0 radical (unpaired) electrons. The highest BCUT2D eigenvalue weighted by Crippen LogP contribution is 2.28. The van der Waals surface area contributed by atoms with Crippen molar-refractivity contribution in [3.05, 3.63) is 17.5 Å². The Hall–Kier alpha value is -2.11. The third-order valence-electron chi connectivity index (χ3n) is 2.61. The molecule has 0 bridgehead atoms. The molecule has 0 unspecified atom stereocenters. The highest BCUT2D eigenvalue weighted by Gasteiger charge is 2.18. The number of hydrogen-bond acceptors (Lipinski definition) is 4. The molecule has 6 heteroatoms. The van der Waals surface area contributed by atoms with Crippen LogP contribution in [-0.4, -0.2) is 32.4 Å². The van der Waals surface area contributed by atoms with Gasteiger partial charge in [0.05, 0.1) is 16.8 Å². The average molecular weight is 234 g/mol. The fraction of sp³-hybridized carbons (Fsp3) is 0.364. The van der Waals surface area contributed by atoms with Crippen molar-refractivity contribution in [2.75, 3.05) is 11.9 Å². The van der Waals surface area contributed by atoms with Crippen LogP contribution in [0.15, 0.2) is 6.20 Å². The number of carboxylic acid groups (broad SMARTS) is 1. The maximum atomic E-state index is 11.2. The molecule has 2 aromatic heterocycles. The molecule has 2 N–H and O–H groups in total. The molecular formula is C11H14N4O2. The number of pyridine rings is 1. The third-order valence-corrected chi connectivity index (χ3v) is 2.61. The number of nitrogens with zero attached hydrogens (tertiary/aromatic N) is 3. The molecule has 0 aliphatic rings. The Labute approximate surface area is 98.3 Å². The van der Waals surface area contributed by atoms with Crippen molar-refractivity contribution < 1.29 is 9.90 Å². The zero-order chi connectivity index (χ0) is 12.6. The maximum absolute atomic E-state index is 11.2. The molecule has 0 aliphatic heterocycles. The zero-order valence-corrected chi connectivity index (χ0v) is 9.98. The average Bonchev–Trinajstić information content (AvgIpc) is 2.55. The lowest BCUT2D eigenvalue weighted by Gasteiger charge is -2.09. The number of carbonyl (C=O) groups is 1. The van der Waals surface area contributed by atoms with Crippen molar-refractivity contribution in [1.82, 2.24) is 14.8 Å². The van der Waals surface area contributed by atoms with Crippen LogP contribution in [0.25, 0.3) is 11.0 Å². The zero-order valence-electron chi connectivity index (χ0n) is 9.98. The van der Waals surface area contributed by atoms with Crippen LogP contribution < -0.4 is 5.32 Å². The molecule has 0 saturated heterocycles. The Bertz CT molecular complexity index is 589. The van der Waals surface area contributed by atoms with Gasteiger partial charge in [0.25, 0.3) is 0 Å². The first-order chi connectivity index (χ1) is 8.06. The van der Waals surface area contributed by atoms with E-state index in [1.54, 1.807) is 11.7 Å². The minimum absolute atomic E-state index is 0.176. The Balaban J connectivity index is 2.82. The highest BCUT2D eigenvalue weighted by atomic mass is 16.4. The second kappa shape index (κ2) is 4.04. The number of rotatable bonds is 3. The normalized spacial score (nSPS) is 10.8. The predicted octanol–water partition coefficient (Wildman–Crippen LogP) is 1.41. The molecule has 2 heterocycles. The summed E-state index contributed by atoms with van der Waals surface area (Å²) >= 11 is 0. The molecule has 90 valence electrons. The first kappa shape index (κ1) is 11.4. The van der Waals surface area contributed by atoms with E-state index >= 15 is 0 Å². The van der Waals surface area contributed by atoms with Crippen molar-refractivity contribution in [3.8, 4) is 0 Å². The van der Waals surface area contributed by atoms with Gasteiger partial charge in [-0.3, -0.25) is 4.68 Å². The molecule has 0 aliphatic carbocycles. The van der Waals surface area contributed by atoms with Crippen LogP contribution in [0.3, 0.4) is 0 Å². The maximum Gasteiger partial charge on any atom is 0.339 e. The van der Waals surface area contributed by atoms with Crippen LogP contribution in [0.4, 0.5) is 5.69 Å². The Kier molecular flexibility index (Phi) is 2.71. The SMILES string of the molecule is CCNc1c(C(=O)O)cnc2c1c(C)nn2C. The summed E-state index contributed by atoms with van der Waals surface area (Å²) in [7, 11) is 1.79. The number of anilines is 1. The van der Waals surface area contributed by atoms with Crippen LogP contribution >= 0.6 is 0 Å². The molecule has 17 heavy (non-hydrogen) atoms. The van der Waals surface area contributed by atoms with Gasteiger partial charge in [0, 0.05) is 19.8 Å². The minimum atomic E-state index is -0.987. The van der Waals surface area contributed by atoms with Crippen molar-refractivity contribution in [2.45, 2.75) is 13.8 Å². The van der Waals surface area contributed by atoms with E-state index in [0.29, 0.717) is 17.9 Å². The van der Waals surface area contributed by atoms with Crippen molar-refractivity contribution in [3.63, 3.8) is 0 Å². The van der Waals surface area contributed by atoms with E-state index in [4.69, 9.17) is 5.11 Å². The molecule has 6 nitrogen and oxygen atoms in total. The Morgan fingerprint density at radius 3 is 2.88 bits per heavy atom. The molecule has 0 saturated carbocycles. The van der Waals surface area contributed by atoms with Crippen LogP contribution in [0.5, 0.6) is 0 Å². The Morgan fingerprint density at radius 1 is 1.59 bits per heavy atom. The van der Waals surface area contributed by atoms with E-state index in [0.717, 1.165) is 11.1 Å². The smallest absolute Gasteiger partial charge is 0.339 e. The number of nitrogens with one attached hydrogen (secondary N) is 1. The van der Waals surface area contributed by atoms with Gasteiger partial charge < -0.3 is 10.4 Å². The van der Waals surface area contributed by atoms with E-state index in [1.165, 1.54) is 6.20 Å². The first-order valence-electron chi connectivity index (χ1n) is 5.35. The molecule has 2 aromatic rings. The van der Waals surface area contributed by atoms with Crippen LogP contribution in [0, 0.1) is 6.92 Å². The topological polar surface area (TPSA) is 80.0 Å². The summed E-state index contributed by atoms with van der Waals surface area (Å²) < 4.78 is 1.65. The van der Waals surface area contributed by atoms with Crippen LogP contribution in [0.2, 0.25) is 0 Å². The molecule has 0 spiro atoms. The lowest BCUT2D eigenvalue weighted by molar-refractivity contribution is 0.0697. The quantitative estimate of drug-likeness (QED) is 0.839. The van der Waals surface area contributed by atoms with Crippen LogP contribution in [0.1, 0.15) is 23.0 Å².